The quantitative estimate of drug-likeness (QED) is 0.0697. The number of carbonyl (C=O) groups excluding carboxylic acids is 5. The molecule has 4 aromatic rings. The van der Waals surface area contributed by atoms with E-state index in [9.17, 15) is 33.5 Å². The van der Waals surface area contributed by atoms with E-state index in [0.29, 0.717) is 58.1 Å². The van der Waals surface area contributed by atoms with Gasteiger partial charge in [-0.2, -0.15) is 0 Å². The number of ether oxygens (including phenoxy) is 1. The lowest BCUT2D eigenvalue weighted by molar-refractivity contribution is -0.145. The standard InChI is InChI=1S/C52H66ClFN10O7S2/c1-31-45(72-30-59-31)33-9-10-34(26-58-47(68)37-24-35(65)29-64(37)48(69)46(50(2,3)4)61-49(70)52(54)14-15-52)38(23-33)71-22-13-32-11-18-63(19-12-32)43(67)25-41(66)60-36-7-6-8-39(44(36)53)73-42-28-56-40(27-57-42)62-20-16-51(5,55)17-21-62/h6-10,23,27-28,30,32,35,37,46,65H,11-22,24-26,29,55H2,1-5H3,(H,58,68)(H,60,66)(H,61,70)/t35?,37?,46-/m1/s1. The van der Waals surface area contributed by atoms with E-state index in [2.05, 4.69) is 42.7 Å². The van der Waals surface area contributed by atoms with Crippen LogP contribution in [0.15, 0.2) is 64.2 Å². The number of piperidine rings is 2. The maximum absolute atomic E-state index is 14.7. The maximum Gasteiger partial charge on any atom is 0.258 e. The summed E-state index contributed by atoms with van der Waals surface area (Å²) in [5.74, 6) is -0.970. The van der Waals surface area contributed by atoms with Crippen molar-refractivity contribution in [1.29, 1.82) is 0 Å². The Morgan fingerprint density at radius 1 is 1.03 bits per heavy atom. The number of carbonyl (C=O) groups is 5. The van der Waals surface area contributed by atoms with Crippen molar-refractivity contribution < 1.29 is 38.2 Å². The number of thiazole rings is 1. The van der Waals surface area contributed by atoms with Crippen LogP contribution in [0.4, 0.5) is 15.9 Å². The van der Waals surface area contributed by atoms with Crippen molar-refractivity contribution in [2.45, 2.75) is 138 Å². The first-order valence-electron chi connectivity index (χ1n) is 25.0. The second-order valence-corrected chi connectivity index (χ2v) is 23.5. The summed E-state index contributed by atoms with van der Waals surface area (Å²) in [5, 5.41) is 20.0. The van der Waals surface area contributed by atoms with Gasteiger partial charge in [0.1, 0.15) is 35.1 Å². The number of hydrogen-bond donors (Lipinski definition) is 5. The van der Waals surface area contributed by atoms with Crippen molar-refractivity contribution in [3.63, 3.8) is 0 Å². The largest absolute Gasteiger partial charge is 0.493 e. The molecule has 3 saturated heterocycles. The second kappa shape index (κ2) is 22.6. The van der Waals surface area contributed by atoms with Crippen LogP contribution in [0.1, 0.15) is 96.7 Å². The molecule has 5 heterocycles. The van der Waals surface area contributed by atoms with E-state index in [4.69, 9.17) is 22.1 Å². The molecule has 3 atom stereocenters. The Balaban J connectivity index is 0.817. The van der Waals surface area contributed by atoms with Gasteiger partial charge < -0.3 is 46.2 Å². The smallest absolute Gasteiger partial charge is 0.258 e. The van der Waals surface area contributed by atoms with Gasteiger partial charge >= 0.3 is 0 Å². The number of nitrogens with one attached hydrogen (secondary N) is 3. The first kappa shape index (κ1) is 53.9. The molecule has 1 aliphatic carbocycles. The number of aryl methyl sites for hydroxylation is 1. The summed E-state index contributed by atoms with van der Waals surface area (Å²) in [6, 6.07) is 8.96. The van der Waals surface area contributed by atoms with E-state index in [-0.39, 0.29) is 56.1 Å². The molecule has 5 amide bonds. The zero-order chi connectivity index (χ0) is 52.2. The number of nitrogens with two attached hydrogens (primary N) is 1. The Bertz CT molecular complexity index is 2660. The molecule has 2 aromatic carbocycles. The van der Waals surface area contributed by atoms with E-state index in [1.807, 2.05) is 31.2 Å². The Labute approximate surface area is 438 Å². The van der Waals surface area contributed by atoms with Crippen molar-refractivity contribution in [2.75, 3.05) is 49.5 Å². The van der Waals surface area contributed by atoms with E-state index in [1.54, 1.807) is 55.7 Å². The highest BCUT2D eigenvalue weighted by Crippen LogP contribution is 2.41. The Morgan fingerprint density at radius 2 is 1.77 bits per heavy atom. The fourth-order valence-corrected chi connectivity index (χ4v) is 11.3. The molecule has 4 fully saturated rings. The summed E-state index contributed by atoms with van der Waals surface area (Å²) >= 11 is 9.60. The molecule has 6 N–H and O–H groups in total. The number of anilines is 2. The molecule has 17 nitrogen and oxygen atoms in total. The van der Waals surface area contributed by atoms with Crippen molar-refractivity contribution in [3.8, 4) is 16.2 Å². The van der Waals surface area contributed by atoms with Gasteiger partial charge in [-0.3, -0.25) is 24.0 Å². The lowest BCUT2D eigenvalue weighted by Crippen LogP contribution is -2.59. The second-order valence-electron chi connectivity index (χ2n) is 21.2. The van der Waals surface area contributed by atoms with Crippen LogP contribution in [0.2, 0.25) is 5.02 Å². The zero-order valence-electron chi connectivity index (χ0n) is 42.0. The van der Waals surface area contributed by atoms with E-state index >= 15 is 0 Å². The number of aliphatic hydroxyl groups excluding tert-OH is 1. The molecule has 21 heteroatoms. The van der Waals surface area contributed by atoms with E-state index in [1.165, 1.54) is 28.0 Å². The molecule has 73 heavy (non-hydrogen) atoms. The fourth-order valence-electron chi connectivity index (χ4n) is 9.39. The average molecular weight is 1060 g/mol. The molecule has 392 valence electrons. The Morgan fingerprint density at radius 3 is 2.42 bits per heavy atom. The van der Waals surface area contributed by atoms with Gasteiger partial charge in [-0.15, -0.1) is 11.3 Å². The first-order chi connectivity index (χ1) is 34.7. The number of amides is 5. The lowest BCUT2D eigenvalue weighted by atomic mass is 9.85. The van der Waals surface area contributed by atoms with Gasteiger partial charge in [-0.05, 0) is 93.9 Å². The number of hydrogen-bond acceptors (Lipinski definition) is 14. The summed E-state index contributed by atoms with van der Waals surface area (Å²) in [4.78, 5) is 87.6. The van der Waals surface area contributed by atoms with Crippen LogP contribution in [0.25, 0.3) is 10.4 Å². The van der Waals surface area contributed by atoms with Gasteiger partial charge in [-0.25, -0.2) is 19.3 Å². The number of aromatic nitrogens is 3. The minimum Gasteiger partial charge on any atom is -0.493 e. The minimum atomic E-state index is -1.99. The fraction of sp³-hybridized carbons (Fsp3) is 0.538. The van der Waals surface area contributed by atoms with Gasteiger partial charge in [0.15, 0.2) is 5.67 Å². The monoisotopic (exact) mass is 1060 g/mol. The molecule has 8 rings (SSSR count). The molecule has 1 saturated carbocycles. The maximum atomic E-state index is 14.7. The van der Waals surface area contributed by atoms with Gasteiger partial charge in [0, 0.05) is 61.7 Å². The van der Waals surface area contributed by atoms with Crippen molar-refractivity contribution in [2.24, 2.45) is 17.1 Å². The third-order valence-electron chi connectivity index (χ3n) is 14.2. The molecular weight excluding hydrogens is 995 g/mol. The predicted octanol–water partition coefficient (Wildman–Crippen LogP) is 6.68. The van der Waals surface area contributed by atoms with Crippen LogP contribution < -0.4 is 31.3 Å². The highest BCUT2D eigenvalue weighted by molar-refractivity contribution is 7.99. The van der Waals surface area contributed by atoms with Crippen molar-refractivity contribution in [1.82, 2.24) is 35.4 Å². The van der Waals surface area contributed by atoms with Crippen LogP contribution >= 0.6 is 34.7 Å². The Hall–Kier alpha value is -5.41. The SMILES string of the molecule is Cc1ncsc1-c1ccc(CNC(=O)C2CC(O)CN2C(=O)[C@@H](NC(=O)C2(F)CC2)C(C)(C)C)c(OCCC2CCN(C(=O)CC(=O)Nc3cccc(Sc4cnc(N5CCC(C)(N)CC5)cn4)c3Cl)CC2)c1. The lowest BCUT2D eigenvalue weighted by Gasteiger charge is -2.37. The molecule has 2 aromatic heterocycles. The average Bonchev–Trinajstić information content (AvgIpc) is 3.76. The molecule has 0 spiro atoms. The van der Waals surface area contributed by atoms with Crippen LogP contribution in [-0.4, -0.2) is 128 Å². The number of alkyl halides is 1. The highest BCUT2D eigenvalue weighted by Gasteiger charge is 2.53. The first-order valence-corrected chi connectivity index (χ1v) is 27.1. The normalized spacial score (nSPS) is 20.0. The topological polar surface area (TPSA) is 225 Å². The van der Waals surface area contributed by atoms with E-state index < -0.39 is 52.9 Å². The van der Waals surface area contributed by atoms with Crippen LogP contribution in [0, 0.1) is 18.3 Å². The molecule has 2 unspecified atom stereocenters. The number of likely N-dealkylation sites (tertiary alicyclic amines) is 2. The minimum absolute atomic E-state index is 0.00572. The number of aliphatic hydroxyl groups is 1. The van der Waals surface area contributed by atoms with Crippen LogP contribution in [-0.2, 0) is 30.5 Å². The third kappa shape index (κ3) is 13.5. The van der Waals surface area contributed by atoms with Crippen molar-refractivity contribution >= 4 is 75.7 Å². The Kier molecular flexibility index (Phi) is 16.7. The van der Waals surface area contributed by atoms with Gasteiger partial charge in [0.2, 0.25) is 23.6 Å². The summed E-state index contributed by atoms with van der Waals surface area (Å²) in [6.45, 7) is 12.2. The summed E-state index contributed by atoms with van der Waals surface area (Å²) < 4.78 is 21.1. The molecule has 4 aliphatic rings. The van der Waals surface area contributed by atoms with Crippen LogP contribution in [0.5, 0.6) is 5.75 Å². The molecule has 0 radical (unpaired) electrons. The van der Waals surface area contributed by atoms with Crippen molar-refractivity contribution in [3.05, 3.63) is 70.6 Å². The summed E-state index contributed by atoms with van der Waals surface area (Å²) in [7, 11) is 0. The summed E-state index contributed by atoms with van der Waals surface area (Å²) in [6.07, 6.45) is 6.29. The molecule has 3 aliphatic heterocycles. The van der Waals surface area contributed by atoms with Crippen LogP contribution in [0.3, 0.4) is 0 Å². The molecular formula is C52H66ClFN10O7S2. The summed E-state index contributed by atoms with van der Waals surface area (Å²) in [5.41, 5.74) is 8.00. The highest BCUT2D eigenvalue weighted by atomic mass is 35.5. The zero-order valence-corrected chi connectivity index (χ0v) is 44.4. The predicted molar refractivity (Wildman–Crippen MR) is 279 cm³/mol. The number of halogens is 2. The van der Waals surface area contributed by atoms with Gasteiger partial charge in [0.25, 0.3) is 5.91 Å². The van der Waals surface area contributed by atoms with E-state index in [0.717, 1.165) is 60.7 Å². The molecule has 0 bridgehead atoms. The number of rotatable bonds is 17. The third-order valence-corrected chi connectivity index (χ3v) is 16.7. The van der Waals surface area contributed by atoms with Gasteiger partial charge in [-0.1, -0.05) is 62.3 Å². The number of nitrogens with zero attached hydrogens (tertiary/aromatic N) is 6. The van der Waals surface area contributed by atoms with Gasteiger partial charge in [0.05, 0.1) is 51.9 Å². The number of benzene rings is 2. The number of β-amino-alcohol motifs (C(OH)–C–C–N with tert-alkyl or cyclic N) is 1.